The Morgan fingerprint density at radius 1 is 1.39 bits per heavy atom. The lowest BCUT2D eigenvalue weighted by atomic mass is 10.1. The zero-order valence-corrected chi connectivity index (χ0v) is 9.91. The van der Waals surface area contributed by atoms with Crippen molar-refractivity contribution in [3.05, 3.63) is 35.9 Å². The Labute approximate surface area is 102 Å². The van der Waals surface area contributed by atoms with Crippen LogP contribution in [0.3, 0.4) is 0 Å². The number of ether oxygens (including phenoxy) is 1. The van der Waals surface area contributed by atoms with Crippen molar-refractivity contribution in [2.75, 3.05) is 14.1 Å². The molecule has 0 unspecified atom stereocenters. The van der Waals surface area contributed by atoms with E-state index in [1.54, 1.807) is 0 Å². The highest BCUT2D eigenvalue weighted by Crippen LogP contribution is 2.28. The summed E-state index contributed by atoms with van der Waals surface area (Å²) in [6, 6.07) is 3.89. The van der Waals surface area contributed by atoms with Gasteiger partial charge in [0.1, 0.15) is 5.75 Å². The van der Waals surface area contributed by atoms with Gasteiger partial charge >= 0.3 is 6.36 Å². The maximum Gasteiger partial charge on any atom is 0.573 e. The molecule has 1 rings (SSSR count). The van der Waals surface area contributed by atoms with E-state index < -0.39 is 18.0 Å². The van der Waals surface area contributed by atoms with Crippen molar-refractivity contribution in [1.82, 2.24) is 4.90 Å². The summed E-state index contributed by atoms with van der Waals surface area (Å²) >= 11 is 0. The Morgan fingerprint density at radius 3 is 2.44 bits per heavy atom. The quantitative estimate of drug-likeness (QED) is 0.835. The van der Waals surface area contributed by atoms with Gasteiger partial charge in [-0.2, -0.15) is 0 Å². The monoisotopic (exact) mass is 259 g/mol. The molecule has 0 fully saturated rings. The van der Waals surface area contributed by atoms with Crippen LogP contribution in [0.25, 0.3) is 6.08 Å². The van der Waals surface area contributed by atoms with Crippen molar-refractivity contribution in [3.63, 3.8) is 0 Å². The minimum Gasteiger partial charge on any atom is -0.405 e. The summed E-state index contributed by atoms with van der Waals surface area (Å²) in [4.78, 5) is 12.9. The van der Waals surface area contributed by atoms with Crippen molar-refractivity contribution < 1.29 is 22.7 Å². The average molecular weight is 259 g/mol. The van der Waals surface area contributed by atoms with Gasteiger partial charge < -0.3 is 9.64 Å². The van der Waals surface area contributed by atoms with Crippen LogP contribution in [0.5, 0.6) is 5.75 Å². The SMILES string of the molecule is C=Cc1ccc(C(=O)N(C)C)c(OC(F)(F)F)c1. The Kier molecular flexibility index (Phi) is 4.00. The lowest BCUT2D eigenvalue weighted by Crippen LogP contribution is -2.25. The maximum atomic E-state index is 12.2. The standard InChI is InChI=1S/C12H12F3NO2/c1-4-8-5-6-9(11(17)16(2)3)10(7-8)18-12(13,14)15/h4-7H,1H2,2-3H3. The maximum absolute atomic E-state index is 12.2. The molecule has 0 spiro atoms. The summed E-state index contributed by atoms with van der Waals surface area (Å²) in [5, 5.41) is 0. The molecule has 6 heteroatoms. The number of halogens is 3. The fraction of sp³-hybridized carbons (Fsp3) is 0.250. The summed E-state index contributed by atoms with van der Waals surface area (Å²) in [5.74, 6) is -1.09. The first-order valence-corrected chi connectivity index (χ1v) is 4.98. The summed E-state index contributed by atoms with van der Waals surface area (Å²) in [7, 11) is 2.89. The molecule has 0 N–H and O–H groups in total. The van der Waals surface area contributed by atoms with Gasteiger partial charge in [-0.1, -0.05) is 18.7 Å². The van der Waals surface area contributed by atoms with Crippen LogP contribution in [0.15, 0.2) is 24.8 Å². The molecule has 98 valence electrons. The minimum absolute atomic E-state index is 0.150. The topological polar surface area (TPSA) is 29.5 Å². The van der Waals surface area contributed by atoms with E-state index in [1.807, 2.05) is 0 Å². The first kappa shape index (κ1) is 14.1. The number of nitrogens with zero attached hydrogens (tertiary/aromatic N) is 1. The van der Waals surface area contributed by atoms with Crippen LogP contribution in [-0.2, 0) is 0 Å². The lowest BCUT2D eigenvalue weighted by molar-refractivity contribution is -0.274. The van der Waals surface area contributed by atoms with Gasteiger partial charge in [0.15, 0.2) is 0 Å². The zero-order valence-electron chi connectivity index (χ0n) is 9.91. The summed E-state index contributed by atoms with van der Waals surface area (Å²) in [6.07, 6.45) is -3.48. The highest BCUT2D eigenvalue weighted by atomic mass is 19.4. The van der Waals surface area contributed by atoms with E-state index in [1.165, 1.54) is 37.2 Å². The Balaban J connectivity index is 3.24. The van der Waals surface area contributed by atoms with Crippen LogP contribution in [0.2, 0.25) is 0 Å². The van der Waals surface area contributed by atoms with Crippen molar-refractivity contribution in [3.8, 4) is 5.75 Å². The first-order valence-electron chi connectivity index (χ1n) is 4.98. The number of rotatable bonds is 3. The molecule has 18 heavy (non-hydrogen) atoms. The number of hydrogen-bond acceptors (Lipinski definition) is 2. The van der Waals surface area contributed by atoms with Crippen LogP contribution < -0.4 is 4.74 Å². The molecular weight excluding hydrogens is 247 g/mol. The van der Waals surface area contributed by atoms with Crippen molar-refractivity contribution in [1.29, 1.82) is 0 Å². The molecule has 0 aliphatic heterocycles. The van der Waals surface area contributed by atoms with Crippen LogP contribution in [0.4, 0.5) is 13.2 Å². The molecule has 1 aromatic carbocycles. The highest BCUT2D eigenvalue weighted by molar-refractivity contribution is 5.97. The number of hydrogen-bond donors (Lipinski definition) is 0. The largest absolute Gasteiger partial charge is 0.573 e. The van der Waals surface area contributed by atoms with Crippen LogP contribution >= 0.6 is 0 Å². The zero-order chi connectivity index (χ0) is 13.9. The number of carbonyl (C=O) groups is 1. The van der Waals surface area contributed by atoms with Gasteiger partial charge in [0, 0.05) is 14.1 Å². The third kappa shape index (κ3) is 3.51. The highest BCUT2D eigenvalue weighted by Gasteiger charge is 2.33. The van der Waals surface area contributed by atoms with Gasteiger partial charge in [0.05, 0.1) is 5.56 Å². The molecule has 0 atom stereocenters. The molecule has 0 saturated carbocycles. The van der Waals surface area contributed by atoms with E-state index in [2.05, 4.69) is 11.3 Å². The molecule has 0 saturated heterocycles. The Bertz CT molecular complexity index is 467. The fourth-order valence-electron chi connectivity index (χ4n) is 1.29. The van der Waals surface area contributed by atoms with E-state index >= 15 is 0 Å². The molecule has 0 aromatic heterocycles. The number of carbonyl (C=O) groups excluding carboxylic acids is 1. The molecule has 1 aromatic rings. The van der Waals surface area contributed by atoms with E-state index in [0.29, 0.717) is 5.56 Å². The summed E-state index contributed by atoms with van der Waals surface area (Å²) < 4.78 is 40.6. The van der Waals surface area contributed by atoms with Crippen LogP contribution in [-0.4, -0.2) is 31.3 Å². The van der Waals surface area contributed by atoms with Crippen molar-refractivity contribution in [2.24, 2.45) is 0 Å². The molecule has 0 radical (unpaired) electrons. The van der Waals surface area contributed by atoms with Crippen molar-refractivity contribution in [2.45, 2.75) is 6.36 Å². The van der Waals surface area contributed by atoms with Gasteiger partial charge in [0.25, 0.3) is 5.91 Å². The smallest absolute Gasteiger partial charge is 0.405 e. The molecule has 0 heterocycles. The third-order valence-corrected chi connectivity index (χ3v) is 2.10. The predicted molar refractivity (Wildman–Crippen MR) is 61.2 cm³/mol. The molecule has 0 aliphatic rings. The van der Waals surface area contributed by atoms with Crippen LogP contribution in [0, 0.1) is 0 Å². The van der Waals surface area contributed by atoms with Gasteiger partial charge in [0.2, 0.25) is 0 Å². The normalized spacial score (nSPS) is 10.9. The van der Waals surface area contributed by atoms with Gasteiger partial charge in [-0.3, -0.25) is 4.79 Å². The molecule has 0 aliphatic carbocycles. The van der Waals surface area contributed by atoms with E-state index in [4.69, 9.17) is 0 Å². The van der Waals surface area contributed by atoms with E-state index in [0.717, 1.165) is 6.07 Å². The second-order valence-electron chi connectivity index (χ2n) is 3.71. The predicted octanol–water partition coefficient (Wildman–Crippen LogP) is 2.93. The lowest BCUT2D eigenvalue weighted by Gasteiger charge is -2.16. The second kappa shape index (κ2) is 5.12. The third-order valence-electron chi connectivity index (χ3n) is 2.10. The summed E-state index contributed by atoms with van der Waals surface area (Å²) in [5.41, 5.74) is 0.285. The first-order chi connectivity index (χ1) is 8.24. The van der Waals surface area contributed by atoms with E-state index in [-0.39, 0.29) is 5.56 Å². The fourth-order valence-corrected chi connectivity index (χ4v) is 1.29. The van der Waals surface area contributed by atoms with Gasteiger partial charge in [-0.15, -0.1) is 13.2 Å². The second-order valence-corrected chi connectivity index (χ2v) is 3.71. The van der Waals surface area contributed by atoms with Gasteiger partial charge in [-0.05, 0) is 17.7 Å². The number of benzene rings is 1. The number of alkyl halides is 3. The summed E-state index contributed by atoms with van der Waals surface area (Å²) in [6.45, 7) is 3.45. The number of amides is 1. The molecule has 1 amide bonds. The average Bonchev–Trinajstić information content (AvgIpc) is 2.25. The van der Waals surface area contributed by atoms with Crippen LogP contribution in [0.1, 0.15) is 15.9 Å². The Hall–Kier alpha value is -1.98. The van der Waals surface area contributed by atoms with E-state index in [9.17, 15) is 18.0 Å². The molecular formula is C12H12F3NO2. The molecule has 0 bridgehead atoms. The minimum atomic E-state index is -4.85. The molecule has 3 nitrogen and oxygen atoms in total. The van der Waals surface area contributed by atoms with Gasteiger partial charge in [-0.25, -0.2) is 0 Å². The Morgan fingerprint density at radius 2 is 2.00 bits per heavy atom. The van der Waals surface area contributed by atoms with Crippen molar-refractivity contribution >= 4 is 12.0 Å².